The molecule has 0 aliphatic carbocycles. The molecule has 0 radical (unpaired) electrons. The summed E-state index contributed by atoms with van der Waals surface area (Å²) >= 11 is 0. The molecule has 1 heterocycles. The number of aliphatic hydroxyl groups is 1. The topological polar surface area (TPSA) is 59.1 Å². The summed E-state index contributed by atoms with van der Waals surface area (Å²) in [5, 5.41) is 8.62. The number of hydrogen-bond donors (Lipinski definition) is 2. The minimum atomic E-state index is -2.56. The maximum atomic E-state index is 12.1. The van der Waals surface area contributed by atoms with Gasteiger partial charge in [0, 0.05) is 18.8 Å². The van der Waals surface area contributed by atoms with E-state index >= 15 is 0 Å². The second-order valence-electron chi connectivity index (χ2n) is 2.94. The van der Waals surface area contributed by atoms with Crippen molar-refractivity contribution in [3.63, 3.8) is 0 Å². The number of halogens is 2. The number of pyridine rings is 1. The fourth-order valence-electron chi connectivity index (χ4n) is 1.07. The lowest BCUT2D eigenvalue weighted by atomic mass is 10.1. The molecule has 1 atom stereocenters. The van der Waals surface area contributed by atoms with Gasteiger partial charge in [-0.1, -0.05) is 6.07 Å². The lowest BCUT2D eigenvalue weighted by Gasteiger charge is -2.09. The van der Waals surface area contributed by atoms with Gasteiger partial charge in [0.1, 0.15) is 5.69 Å². The molecule has 0 saturated heterocycles. The molecule has 0 saturated carbocycles. The van der Waals surface area contributed by atoms with E-state index in [-0.39, 0.29) is 18.3 Å². The van der Waals surface area contributed by atoms with Gasteiger partial charge in [-0.25, -0.2) is 8.78 Å². The zero-order valence-electron chi connectivity index (χ0n) is 7.53. The minimum Gasteiger partial charge on any atom is -0.396 e. The number of rotatable bonds is 4. The molecule has 3 nitrogen and oxygen atoms in total. The first kappa shape index (κ1) is 11.0. The van der Waals surface area contributed by atoms with Crippen LogP contribution in [0, 0.1) is 0 Å². The van der Waals surface area contributed by atoms with Gasteiger partial charge in [-0.05, 0) is 18.1 Å². The monoisotopic (exact) mass is 202 g/mol. The van der Waals surface area contributed by atoms with Gasteiger partial charge >= 0.3 is 0 Å². The van der Waals surface area contributed by atoms with Gasteiger partial charge < -0.3 is 10.8 Å². The summed E-state index contributed by atoms with van der Waals surface area (Å²) in [6.45, 7) is -0.0300. The lowest BCUT2D eigenvalue weighted by Crippen LogP contribution is -2.12. The minimum absolute atomic E-state index is 0.0300. The van der Waals surface area contributed by atoms with Crippen LogP contribution in [0.3, 0.4) is 0 Å². The standard InChI is InChI=1S/C9H12F2N2O/c10-9(11)8-2-1-6(5-13-8)7(12)3-4-14/h1-2,5,7,9,14H,3-4,12H2. The van der Waals surface area contributed by atoms with Gasteiger partial charge in [0.25, 0.3) is 6.43 Å². The van der Waals surface area contributed by atoms with Gasteiger partial charge in [-0.2, -0.15) is 0 Å². The molecule has 14 heavy (non-hydrogen) atoms. The maximum absolute atomic E-state index is 12.1. The van der Waals surface area contributed by atoms with E-state index in [1.165, 1.54) is 18.3 Å². The van der Waals surface area contributed by atoms with Crippen LogP contribution in [0.2, 0.25) is 0 Å². The Bertz CT molecular complexity index is 277. The third-order valence-electron chi connectivity index (χ3n) is 1.90. The Hall–Kier alpha value is -1.07. The first-order valence-corrected chi connectivity index (χ1v) is 4.25. The van der Waals surface area contributed by atoms with E-state index in [0.29, 0.717) is 12.0 Å². The van der Waals surface area contributed by atoms with Gasteiger partial charge in [0.15, 0.2) is 0 Å². The Morgan fingerprint density at radius 2 is 2.14 bits per heavy atom. The predicted molar refractivity (Wildman–Crippen MR) is 47.8 cm³/mol. The van der Waals surface area contributed by atoms with Crippen molar-refractivity contribution >= 4 is 0 Å². The zero-order chi connectivity index (χ0) is 10.6. The number of nitrogens with two attached hydrogens (primary N) is 1. The van der Waals surface area contributed by atoms with Crippen molar-refractivity contribution in [3.05, 3.63) is 29.6 Å². The smallest absolute Gasteiger partial charge is 0.280 e. The summed E-state index contributed by atoms with van der Waals surface area (Å²) < 4.78 is 24.2. The van der Waals surface area contributed by atoms with E-state index < -0.39 is 6.43 Å². The molecule has 0 fully saturated rings. The van der Waals surface area contributed by atoms with Crippen molar-refractivity contribution in [3.8, 4) is 0 Å². The third-order valence-corrected chi connectivity index (χ3v) is 1.90. The molecular formula is C9H12F2N2O. The van der Waals surface area contributed by atoms with E-state index in [9.17, 15) is 8.78 Å². The Kier molecular flexibility index (Phi) is 3.91. The Morgan fingerprint density at radius 1 is 1.43 bits per heavy atom. The molecule has 1 unspecified atom stereocenters. The molecule has 1 aromatic rings. The Balaban J connectivity index is 2.72. The van der Waals surface area contributed by atoms with E-state index in [0.717, 1.165) is 0 Å². The van der Waals surface area contributed by atoms with Crippen molar-refractivity contribution in [2.24, 2.45) is 5.73 Å². The van der Waals surface area contributed by atoms with Crippen LogP contribution in [0.5, 0.6) is 0 Å². The van der Waals surface area contributed by atoms with Gasteiger partial charge in [-0.15, -0.1) is 0 Å². The zero-order valence-corrected chi connectivity index (χ0v) is 7.53. The molecule has 5 heteroatoms. The molecule has 3 N–H and O–H groups in total. The van der Waals surface area contributed by atoms with Crippen LogP contribution in [-0.4, -0.2) is 16.7 Å². The number of aromatic nitrogens is 1. The second kappa shape index (κ2) is 4.97. The highest BCUT2D eigenvalue weighted by molar-refractivity contribution is 5.17. The van der Waals surface area contributed by atoms with E-state index in [1.807, 2.05) is 0 Å². The number of nitrogens with zero attached hydrogens (tertiary/aromatic N) is 1. The highest BCUT2D eigenvalue weighted by Crippen LogP contribution is 2.18. The molecule has 0 aliphatic heterocycles. The highest BCUT2D eigenvalue weighted by atomic mass is 19.3. The van der Waals surface area contributed by atoms with Crippen molar-refractivity contribution in [1.82, 2.24) is 4.98 Å². The molecule has 0 amide bonds. The van der Waals surface area contributed by atoms with E-state index in [1.54, 1.807) is 0 Å². The van der Waals surface area contributed by atoms with Gasteiger partial charge in [0.05, 0.1) is 0 Å². The quantitative estimate of drug-likeness (QED) is 0.775. The van der Waals surface area contributed by atoms with Crippen LogP contribution >= 0.6 is 0 Å². The van der Waals surface area contributed by atoms with Gasteiger partial charge in [0.2, 0.25) is 0 Å². The fourth-order valence-corrected chi connectivity index (χ4v) is 1.07. The summed E-state index contributed by atoms with van der Waals surface area (Å²) in [4.78, 5) is 3.57. The van der Waals surface area contributed by atoms with Crippen LogP contribution in [0.25, 0.3) is 0 Å². The predicted octanol–water partition coefficient (Wildman–Crippen LogP) is 1.40. The van der Waals surface area contributed by atoms with Crippen LogP contribution in [0.1, 0.15) is 30.1 Å². The molecule has 78 valence electrons. The largest absolute Gasteiger partial charge is 0.396 e. The Morgan fingerprint density at radius 3 is 2.57 bits per heavy atom. The molecule has 1 rings (SSSR count). The van der Waals surface area contributed by atoms with Crippen molar-refractivity contribution in [1.29, 1.82) is 0 Å². The van der Waals surface area contributed by atoms with E-state index in [4.69, 9.17) is 10.8 Å². The summed E-state index contributed by atoms with van der Waals surface area (Å²) in [5.74, 6) is 0. The van der Waals surface area contributed by atoms with Gasteiger partial charge in [-0.3, -0.25) is 4.98 Å². The maximum Gasteiger partial charge on any atom is 0.280 e. The number of aliphatic hydroxyl groups excluding tert-OH is 1. The first-order chi connectivity index (χ1) is 6.65. The average molecular weight is 202 g/mol. The summed E-state index contributed by atoms with van der Waals surface area (Å²) in [7, 11) is 0. The van der Waals surface area contributed by atoms with Crippen LogP contribution in [0.15, 0.2) is 18.3 Å². The third kappa shape index (κ3) is 2.71. The number of hydrogen-bond acceptors (Lipinski definition) is 3. The second-order valence-corrected chi connectivity index (χ2v) is 2.94. The van der Waals surface area contributed by atoms with Crippen molar-refractivity contribution in [2.45, 2.75) is 18.9 Å². The summed E-state index contributed by atoms with van der Waals surface area (Å²) in [6, 6.07) is 2.41. The van der Waals surface area contributed by atoms with Crippen LogP contribution in [-0.2, 0) is 0 Å². The Labute approximate surface area is 80.6 Å². The van der Waals surface area contributed by atoms with Crippen molar-refractivity contribution in [2.75, 3.05) is 6.61 Å². The van der Waals surface area contributed by atoms with Crippen LogP contribution < -0.4 is 5.73 Å². The first-order valence-electron chi connectivity index (χ1n) is 4.25. The SMILES string of the molecule is NC(CCO)c1ccc(C(F)F)nc1. The highest BCUT2D eigenvalue weighted by Gasteiger charge is 2.10. The lowest BCUT2D eigenvalue weighted by molar-refractivity contribution is 0.146. The molecule has 0 bridgehead atoms. The molecule has 0 aromatic carbocycles. The molecular weight excluding hydrogens is 190 g/mol. The molecule has 0 spiro atoms. The summed E-state index contributed by atoms with van der Waals surface area (Å²) in [5.41, 5.74) is 6.04. The fraction of sp³-hybridized carbons (Fsp3) is 0.444. The van der Waals surface area contributed by atoms with Crippen LogP contribution in [0.4, 0.5) is 8.78 Å². The molecule has 1 aromatic heterocycles. The average Bonchev–Trinajstić information content (AvgIpc) is 2.18. The van der Waals surface area contributed by atoms with E-state index in [2.05, 4.69) is 4.98 Å². The number of alkyl halides is 2. The molecule has 0 aliphatic rings. The normalized spacial score (nSPS) is 13.2. The summed E-state index contributed by atoms with van der Waals surface area (Å²) in [6.07, 6.45) is -0.838. The van der Waals surface area contributed by atoms with Crippen molar-refractivity contribution < 1.29 is 13.9 Å².